The molecule has 1 rings (SSSR count). The number of allylic oxidation sites excluding steroid dienone is 4. The minimum absolute atomic E-state index is 0.0386. The molecule has 1 unspecified atom stereocenters. The zero-order chi connectivity index (χ0) is 30.7. The average Bonchev–Trinajstić information content (AvgIpc) is 3.03. The highest BCUT2D eigenvalue weighted by Crippen LogP contribution is 2.10. The van der Waals surface area contributed by atoms with Gasteiger partial charge in [-0.15, -0.1) is 13.2 Å². The van der Waals surface area contributed by atoms with E-state index in [0.29, 0.717) is 72.7 Å². The summed E-state index contributed by atoms with van der Waals surface area (Å²) in [6.45, 7) is 15.3. The van der Waals surface area contributed by atoms with Crippen molar-refractivity contribution < 1.29 is 33.2 Å². The third-order valence-electron chi connectivity index (χ3n) is 7.04. The van der Waals surface area contributed by atoms with E-state index in [0.717, 1.165) is 51.7 Å². The number of unbranched alkanes of at least 4 members (excludes halogenated alkanes) is 10. The second-order valence-electron chi connectivity index (χ2n) is 11.0. The number of hydrogen-bond donors (Lipinski definition) is 0. The Morgan fingerprint density at radius 2 is 1.02 bits per heavy atom. The van der Waals surface area contributed by atoms with Gasteiger partial charge in [0.2, 0.25) is 0 Å². The molecule has 0 radical (unpaired) electrons. The summed E-state index contributed by atoms with van der Waals surface area (Å²) in [7, 11) is 0. The van der Waals surface area contributed by atoms with E-state index in [1.165, 1.54) is 56.9 Å². The molecule has 7 heteroatoms. The molecule has 1 aliphatic carbocycles. The Kier molecular flexibility index (Phi) is 31.0. The van der Waals surface area contributed by atoms with Crippen LogP contribution in [-0.4, -0.2) is 92.0 Å². The van der Waals surface area contributed by atoms with E-state index in [2.05, 4.69) is 31.4 Å². The smallest absolute Gasteiger partial charge is 0.104 e. The van der Waals surface area contributed by atoms with Crippen LogP contribution in [0.25, 0.3) is 0 Å². The van der Waals surface area contributed by atoms with Crippen molar-refractivity contribution in [2.75, 3.05) is 85.9 Å². The summed E-state index contributed by atoms with van der Waals surface area (Å²) in [5, 5.41) is 0. The first-order valence-electron chi connectivity index (χ1n) is 17.0. The quantitative estimate of drug-likeness (QED) is 0.0537. The highest BCUT2D eigenvalue weighted by Gasteiger charge is 2.10. The van der Waals surface area contributed by atoms with Crippen LogP contribution in [0.3, 0.4) is 0 Å². The molecule has 1 atom stereocenters. The van der Waals surface area contributed by atoms with E-state index in [4.69, 9.17) is 33.2 Å². The van der Waals surface area contributed by atoms with E-state index in [1.807, 2.05) is 12.2 Å². The van der Waals surface area contributed by atoms with Gasteiger partial charge in [0.05, 0.1) is 72.7 Å². The molecule has 0 N–H and O–H groups in total. The lowest BCUT2D eigenvalue weighted by Gasteiger charge is -2.18. The minimum Gasteiger partial charge on any atom is -0.379 e. The van der Waals surface area contributed by atoms with Crippen LogP contribution in [0.15, 0.2) is 49.1 Å². The summed E-state index contributed by atoms with van der Waals surface area (Å²) < 4.78 is 40.3. The van der Waals surface area contributed by atoms with Gasteiger partial charge in [-0.1, -0.05) is 68.9 Å². The molecule has 0 saturated heterocycles. The van der Waals surface area contributed by atoms with E-state index in [1.54, 1.807) is 0 Å². The molecule has 0 heterocycles. The first-order valence-corrected chi connectivity index (χ1v) is 17.0. The third kappa shape index (κ3) is 29.2. The third-order valence-corrected chi connectivity index (χ3v) is 7.04. The van der Waals surface area contributed by atoms with Crippen molar-refractivity contribution in [1.82, 2.24) is 0 Å². The Labute approximate surface area is 264 Å². The monoisotopic (exact) mass is 608 g/mol. The Hall–Kier alpha value is -1.32. The molecule has 0 aromatic carbocycles. The lowest BCUT2D eigenvalue weighted by atomic mass is 10.1. The number of ether oxygens (including phenoxy) is 7. The van der Waals surface area contributed by atoms with Gasteiger partial charge in [-0.2, -0.15) is 0 Å². The van der Waals surface area contributed by atoms with E-state index in [-0.39, 0.29) is 6.10 Å². The van der Waals surface area contributed by atoms with Crippen molar-refractivity contribution in [3.8, 4) is 0 Å². The lowest BCUT2D eigenvalue weighted by molar-refractivity contribution is -0.0701. The van der Waals surface area contributed by atoms with Gasteiger partial charge < -0.3 is 33.2 Å². The maximum atomic E-state index is 6.12. The van der Waals surface area contributed by atoms with Crippen LogP contribution < -0.4 is 0 Å². The van der Waals surface area contributed by atoms with Gasteiger partial charge in [0, 0.05) is 13.2 Å². The maximum absolute atomic E-state index is 6.12. The summed E-state index contributed by atoms with van der Waals surface area (Å²) >= 11 is 0. The molecule has 7 nitrogen and oxygen atoms in total. The van der Waals surface area contributed by atoms with Crippen LogP contribution in [0, 0.1) is 0 Å². The standard InChI is InChI=1S/C36H64O7/c1-3-5-7-9-11-13-18-22-40-33-36(43-23-19-14-12-10-8-6-4-2)34-42-31-29-39-27-25-37-24-26-38-28-30-41-32-35-20-16-15-17-21-35/h3-4,16,20-21,36H,1-2,5-15,17-19,22-34H2. The van der Waals surface area contributed by atoms with E-state index in [9.17, 15) is 0 Å². The molecule has 0 aromatic rings. The predicted molar refractivity (Wildman–Crippen MR) is 177 cm³/mol. The largest absolute Gasteiger partial charge is 0.379 e. The van der Waals surface area contributed by atoms with Gasteiger partial charge >= 0.3 is 0 Å². The molecular formula is C36H64O7. The van der Waals surface area contributed by atoms with Crippen molar-refractivity contribution in [3.63, 3.8) is 0 Å². The van der Waals surface area contributed by atoms with Crippen LogP contribution in [0.1, 0.15) is 89.9 Å². The summed E-state index contributed by atoms with van der Waals surface area (Å²) in [6.07, 6.45) is 27.1. The first kappa shape index (κ1) is 39.7. The van der Waals surface area contributed by atoms with Gasteiger partial charge in [0.25, 0.3) is 0 Å². The Bertz CT molecular complexity index is 664. The van der Waals surface area contributed by atoms with Gasteiger partial charge in [-0.05, 0) is 56.9 Å². The van der Waals surface area contributed by atoms with Crippen molar-refractivity contribution in [2.24, 2.45) is 0 Å². The molecule has 43 heavy (non-hydrogen) atoms. The average molecular weight is 609 g/mol. The molecule has 0 spiro atoms. The topological polar surface area (TPSA) is 64.6 Å². The summed E-state index contributed by atoms with van der Waals surface area (Å²) in [5.74, 6) is 0. The fraction of sp³-hybridized carbons (Fsp3) is 0.778. The second kappa shape index (κ2) is 33.6. The summed E-state index contributed by atoms with van der Waals surface area (Å²) in [5.41, 5.74) is 1.26. The van der Waals surface area contributed by atoms with Crippen molar-refractivity contribution in [3.05, 3.63) is 49.1 Å². The fourth-order valence-corrected chi connectivity index (χ4v) is 4.51. The number of rotatable bonds is 35. The highest BCUT2D eigenvalue weighted by atomic mass is 16.6. The van der Waals surface area contributed by atoms with Crippen LogP contribution in [0.5, 0.6) is 0 Å². The van der Waals surface area contributed by atoms with E-state index >= 15 is 0 Å². The Morgan fingerprint density at radius 3 is 1.58 bits per heavy atom. The molecule has 0 aliphatic heterocycles. The summed E-state index contributed by atoms with van der Waals surface area (Å²) in [6, 6.07) is 0. The molecule has 0 fully saturated rings. The van der Waals surface area contributed by atoms with Gasteiger partial charge in [0.1, 0.15) is 6.10 Å². The van der Waals surface area contributed by atoms with Gasteiger partial charge in [-0.25, -0.2) is 0 Å². The molecule has 0 saturated carbocycles. The fourth-order valence-electron chi connectivity index (χ4n) is 4.51. The zero-order valence-corrected chi connectivity index (χ0v) is 27.3. The normalized spacial score (nSPS) is 13.7. The molecule has 250 valence electrons. The molecule has 0 aromatic heterocycles. The lowest BCUT2D eigenvalue weighted by Crippen LogP contribution is -2.27. The van der Waals surface area contributed by atoms with Crippen LogP contribution in [-0.2, 0) is 33.2 Å². The van der Waals surface area contributed by atoms with Crippen molar-refractivity contribution >= 4 is 0 Å². The predicted octanol–water partition coefficient (Wildman–Crippen LogP) is 7.80. The Balaban J connectivity index is 1.99. The molecule has 0 amide bonds. The Morgan fingerprint density at radius 1 is 0.535 bits per heavy atom. The molecule has 1 aliphatic rings. The van der Waals surface area contributed by atoms with E-state index < -0.39 is 0 Å². The minimum atomic E-state index is -0.0386. The van der Waals surface area contributed by atoms with Crippen LogP contribution in [0.4, 0.5) is 0 Å². The first-order chi connectivity index (χ1) is 21.4. The van der Waals surface area contributed by atoms with Crippen LogP contribution >= 0.6 is 0 Å². The zero-order valence-electron chi connectivity index (χ0n) is 27.3. The van der Waals surface area contributed by atoms with Gasteiger partial charge in [-0.3, -0.25) is 0 Å². The summed E-state index contributed by atoms with van der Waals surface area (Å²) in [4.78, 5) is 0. The SMILES string of the molecule is C=CCCCCCCCOCC(COCCOCCOCCOCCOCC1=CCCC=C1)OCCCCCCCC=C. The van der Waals surface area contributed by atoms with Crippen LogP contribution in [0.2, 0.25) is 0 Å². The van der Waals surface area contributed by atoms with Crippen molar-refractivity contribution in [2.45, 2.75) is 96.0 Å². The maximum Gasteiger partial charge on any atom is 0.104 e. The molecule has 0 bridgehead atoms. The molecular weight excluding hydrogens is 544 g/mol. The second-order valence-corrected chi connectivity index (χ2v) is 11.0. The number of hydrogen-bond acceptors (Lipinski definition) is 7. The van der Waals surface area contributed by atoms with Crippen molar-refractivity contribution in [1.29, 1.82) is 0 Å². The highest BCUT2D eigenvalue weighted by molar-refractivity contribution is 5.22. The van der Waals surface area contributed by atoms with Gasteiger partial charge in [0.15, 0.2) is 0 Å².